The van der Waals surface area contributed by atoms with Gasteiger partial charge in [-0.05, 0) is 11.5 Å². The Hall–Kier alpha value is -3.55. The number of aromatic nitrogens is 6. The Labute approximate surface area is 137 Å². The van der Waals surface area contributed by atoms with Crippen molar-refractivity contribution in [3.05, 3.63) is 55.1 Å². The molecule has 118 valence electrons. The van der Waals surface area contributed by atoms with Gasteiger partial charge in [0.2, 0.25) is 11.9 Å². The lowest BCUT2D eigenvalue weighted by Gasteiger charge is -2.10. The third kappa shape index (κ3) is 2.60. The van der Waals surface area contributed by atoms with E-state index in [-0.39, 0.29) is 0 Å². The lowest BCUT2D eigenvalue weighted by Crippen LogP contribution is -2.09. The summed E-state index contributed by atoms with van der Waals surface area (Å²) >= 11 is 0. The van der Waals surface area contributed by atoms with Gasteiger partial charge in [-0.15, -0.1) is 0 Å². The van der Waals surface area contributed by atoms with Crippen molar-refractivity contribution in [1.82, 2.24) is 29.7 Å². The molecule has 0 saturated heterocycles. The molecule has 2 N–H and O–H groups in total. The molecule has 2 aromatic carbocycles. The summed E-state index contributed by atoms with van der Waals surface area (Å²) in [6.45, 7) is 0. The van der Waals surface area contributed by atoms with Gasteiger partial charge in [-0.3, -0.25) is 0 Å². The van der Waals surface area contributed by atoms with Crippen molar-refractivity contribution in [3.8, 4) is 5.95 Å². The molecule has 4 rings (SSSR count). The van der Waals surface area contributed by atoms with Crippen LogP contribution in [-0.4, -0.2) is 36.8 Å². The minimum Gasteiger partial charge on any atom is -0.357 e. The molecule has 0 unspecified atom stereocenters. The second-order valence-electron chi connectivity index (χ2n) is 5.02. The summed E-state index contributed by atoms with van der Waals surface area (Å²) < 4.78 is 1.48. The predicted molar refractivity (Wildman–Crippen MR) is 91.5 cm³/mol. The van der Waals surface area contributed by atoms with Crippen LogP contribution < -0.4 is 10.6 Å². The molecule has 0 atom stereocenters. The number of nitrogens with zero attached hydrogens (tertiary/aromatic N) is 6. The number of nitrogens with one attached hydrogen (secondary N) is 2. The van der Waals surface area contributed by atoms with Crippen LogP contribution in [0.4, 0.5) is 17.6 Å². The summed E-state index contributed by atoms with van der Waals surface area (Å²) in [7, 11) is 1.75. The predicted octanol–water partition coefficient (Wildman–Crippen LogP) is 2.39. The van der Waals surface area contributed by atoms with Crippen LogP contribution in [0, 0.1) is 0 Å². The van der Waals surface area contributed by atoms with Crippen molar-refractivity contribution in [2.24, 2.45) is 0 Å². The molecule has 0 aliphatic heterocycles. The van der Waals surface area contributed by atoms with Gasteiger partial charge in [-0.2, -0.15) is 24.7 Å². The minimum atomic E-state index is 0.384. The van der Waals surface area contributed by atoms with Gasteiger partial charge in [0.25, 0.3) is 5.95 Å². The SMILES string of the molecule is CNc1nc(Nc2cccc3ccccc23)nc(-n2cncn2)n1. The molecule has 0 bridgehead atoms. The van der Waals surface area contributed by atoms with E-state index >= 15 is 0 Å². The van der Waals surface area contributed by atoms with Gasteiger partial charge in [0.1, 0.15) is 12.7 Å². The van der Waals surface area contributed by atoms with Crippen LogP contribution in [0.1, 0.15) is 0 Å². The molecular weight excluding hydrogens is 304 g/mol. The third-order valence-electron chi connectivity index (χ3n) is 3.51. The second-order valence-corrected chi connectivity index (χ2v) is 5.02. The molecule has 0 aliphatic rings. The summed E-state index contributed by atoms with van der Waals surface area (Å²) in [5, 5.41) is 12.5. The topological polar surface area (TPSA) is 93.4 Å². The average molecular weight is 318 g/mol. The lowest BCUT2D eigenvalue weighted by molar-refractivity contribution is 0.798. The summed E-state index contributed by atoms with van der Waals surface area (Å²) in [6.07, 6.45) is 2.97. The molecule has 0 aliphatic carbocycles. The van der Waals surface area contributed by atoms with Gasteiger partial charge in [-0.25, -0.2) is 4.98 Å². The smallest absolute Gasteiger partial charge is 0.258 e. The van der Waals surface area contributed by atoms with E-state index in [2.05, 4.69) is 53.9 Å². The third-order valence-corrected chi connectivity index (χ3v) is 3.51. The van der Waals surface area contributed by atoms with Crippen molar-refractivity contribution in [2.75, 3.05) is 17.7 Å². The van der Waals surface area contributed by atoms with Gasteiger partial charge < -0.3 is 10.6 Å². The van der Waals surface area contributed by atoms with E-state index in [0.717, 1.165) is 16.5 Å². The van der Waals surface area contributed by atoms with Gasteiger partial charge >= 0.3 is 0 Å². The standard InChI is InChI=1S/C16H14N8/c1-17-14-21-15(23-16(22-14)24-10-18-9-19-24)20-13-8-4-6-11-5-2-3-7-12(11)13/h2-10H,1H3,(H2,17,20,21,22,23). The summed E-state index contributed by atoms with van der Waals surface area (Å²) in [5.41, 5.74) is 0.922. The van der Waals surface area contributed by atoms with Crippen molar-refractivity contribution < 1.29 is 0 Å². The molecular formula is C16H14N8. The Balaban J connectivity index is 1.77. The van der Waals surface area contributed by atoms with Crippen LogP contribution in [0.5, 0.6) is 0 Å². The van der Waals surface area contributed by atoms with Gasteiger partial charge in [0.15, 0.2) is 0 Å². The molecule has 0 radical (unpaired) electrons. The normalized spacial score (nSPS) is 10.7. The highest BCUT2D eigenvalue weighted by atomic mass is 15.4. The quantitative estimate of drug-likeness (QED) is 0.596. The Morgan fingerprint density at radius 3 is 2.58 bits per heavy atom. The number of fused-ring (bicyclic) bond motifs is 1. The zero-order chi connectivity index (χ0) is 16.4. The fourth-order valence-corrected chi connectivity index (χ4v) is 2.40. The Kier molecular flexibility index (Phi) is 3.47. The second kappa shape index (κ2) is 5.92. The molecule has 2 aromatic heterocycles. The van der Waals surface area contributed by atoms with E-state index in [1.165, 1.54) is 17.3 Å². The first-order valence-corrected chi connectivity index (χ1v) is 7.37. The zero-order valence-electron chi connectivity index (χ0n) is 12.9. The maximum atomic E-state index is 4.41. The van der Waals surface area contributed by atoms with Crippen molar-refractivity contribution in [1.29, 1.82) is 0 Å². The van der Waals surface area contributed by atoms with Crippen molar-refractivity contribution in [2.45, 2.75) is 0 Å². The number of hydrogen-bond donors (Lipinski definition) is 2. The average Bonchev–Trinajstić information content (AvgIpc) is 3.16. The number of hydrogen-bond acceptors (Lipinski definition) is 7. The van der Waals surface area contributed by atoms with Crippen LogP contribution >= 0.6 is 0 Å². The largest absolute Gasteiger partial charge is 0.357 e. The molecule has 24 heavy (non-hydrogen) atoms. The minimum absolute atomic E-state index is 0.384. The van der Waals surface area contributed by atoms with Crippen LogP contribution in [0.2, 0.25) is 0 Å². The lowest BCUT2D eigenvalue weighted by atomic mass is 10.1. The molecule has 0 amide bonds. The van der Waals surface area contributed by atoms with Crippen LogP contribution in [0.25, 0.3) is 16.7 Å². The molecule has 0 spiro atoms. The van der Waals surface area contributed by atoms with Crippen molar-refractivity contribution in [3.63, 3.8) is 0 Å². The Bertz CT molecular complexity index is 975. The zero-order valence-corrected chi connectivity index (χ0v) is 12.9. The summed E-state index contributed by atoms with van der Waals surface area (Å²) in [5.74, 6) is 1.25. The summed E-state index contributed by atoms with van der Waals surface area (Å²) in [4.78, 5) is 17.0. The molecule has 0 saturated carbocycles. The maximum absolute atomic E-state index is 4.41. The van der Waals surface area contributed by atoms with Crippen LogP contribution in [0.15, 0.2) is 55.1 Å². The van der Waals surface area contributed by atoms with Gasteiger partial charge in [-0.1, -0.05) is 36.4 Å². The number of benzene rings is 2. The number of rotatable bonds is 4. The van der Waals surface area contributed by atoms with Gasteiger partial charge in [0, 0.05) is 18.1 Å². The first kappa shape index (κ1) is 14.1. The Morgan fingerprint density at radius 1 is 0.917 bits per heavy atom. The fourth-order valence-electron chi connectivity index (χ4n) is 2.40. The number of anilines is 3. The monoisotopic (exact) mass is 318 g/mol. The first-order chi connectivity index (χ1) is 11.8. The van der Waals surface area contributed by atoms with E-state index in [1.54, 1.807) is 7.05 Å². The maximum Gasteiger partial charge on any atom is 0.258 e. The van der Waals surface area contributed by atoms with E-state index in [4.69, 9.17) is 0 Å². The van der Waals surface area contributed by atoms with Gasteiger partial charge in [0.05, 0.1) is 0 Å². The van der Waals surface area contributed by atoms with Crippen LogP contribution in [-0.2, 0) is 0 Å². The highest BCUT2D eigenvalue weighted by Gasteiger charge is 2.09. The van der Waals surface area contributed by atoms with Crippen molar-refractivity contribution >= 4 is 28.4 Å². The van der Waals surface area contributed by atoms with E-state index in [0.29, 0.717) is 17.8 Å². The molecule has 0 fully saturated rings. The van der Waals surface area contributed by atoms with E-state index < -0.39 is 0 Å². The highest BCUT2D eigenvalue weighted by molar-refractivity contribution is 5.94. The summed E-state index contributed by atoms with van der Waals surface area (Å²) in [6, 6.07) is 14.2. The Morgan fingerprint density at radius 2 is 1.75 bits per heavy atom. The van der Waals surface area contributed by atoms with Crippen LogP contribution in [0.3, 0.4) is 0 Å². The molecule has 4 aromatic rings. The molecule has 8 nitrogen and oxygen atoms in total. The molecule has 2 heterocycles. The molecule has 8 heteroatoms. The first-order valence-electron chi connectivity index (χ1n) is 7.37. The van der Waals surface area contributed by atoms with E-state index in [9.17, 15) is 0 Å². The van der Waals surface area contributed by atoms with E-state index in [1.807, 2.05) is 24.3 Å². The fraction of sp³-hybridized carbons (Fsp3) is 0.0625. The highest BCUT2D eigenvalue weighted by Crippen LogP contribution is 2.25.